The van der Waals surface area contributed by atoms with Gasteiger partial charge in [-0.2, -0.15) is 0 Å². The van der Waals surface area contributed by atoms with Crippen LogP contribution in [0.4, 0.5) is 11.5 Å². The molecule has 2 heterocycles. The molecule has 3 rings (SSSR count). The van der Waals surface area contributed by atoms with Gasteiger partial charge in [-0.25, -0.2) is 4.98 Å². The molecule has 0 spiro atoms. The first kappa shape index (κ1) is 10.1. The highest BCUT2D eigenvalue weighted by Gasteiger charge is 2.08. The van der Waals surface area contributed by atoms with Crippen molar-refractivity contribution < 1.29 is 4.52 Å². The summed E-state index contributed by atoms with van der Waals surface area (Å²) in [6, 6.07) is 11.0. The number of hydrogen-bond donors (Lipinski definition) is 1. The van der Waals surface area contributed by atoms with E-state index < -0.39 is 0 Å². The van der Waals surface area contributed by atoms with Gasteiger partial charge in [0.25, 0.3) is 0 Å². The van der Waals surface area contributed by atoms with Crippen LogP contribution in [-0.4, -0.2) is 10.1 Å². The van der Waals surface area contributed by atoms with Crippen LogP contribution in [0.15, 0.2) is 47.1 Å². The van der Waals surface area contributed by atoms with Crippen LogP contribution in [0.5, 0.6) is 0 Å². The van der Waals surface area contributed by atoms with Crippen molar-refractivity contribution in [3.8, 4) is 0 Å². The Balaban J connectivity index is 2.00. The molecular formula is C12H8ClN3O. The summed E-state index contributed by atoms with van der Waals surface area (Å²) in [4.78, 5) is 4.21. The molecule has 3 aromatic rings. The number of pyridine rings is 1. The molecule has 0 aliphatic heterocycles. The third kappa shape index (κ3) is 1.94. The molecule has 5 heteroatoms. The molecular weight excluding hydrogens is 238 g/mol. The fraction of sp³-hybridized carbons (Fsp3) is 0. The fourth-order valence-electron chi connectivity index (χ4n) is 1.57. The Bertz CT molecular complexity index is 665. The lowest BCUT2D eigenvalue weighted by atomic mass is 10.3. The van der Waals surface area contributed by atoms with E-state index in [1.807, 2.05) is 30.3 Å². The number of anilines is 2. The number of nitrogens with one attached hydrogen (secondary N) is 1. The predicted molar refractivity (Wildman–Crippen MR) is 66.5 cm³/mol. The minimum absolute atomic E-state index is 0.586. The smallest absolute Gasteiger partial charge is 0.200 e. The summed E-state index contributed by atoms with van der Waals surface area (Å²) < 4.78 is 5.14. The lowest BCUT2D eigenvalue weighted by molar-refractivity contribution is 0.460. The van der Waals surface area contributed by atoms with E-state index >= 15 is 0 Å². The Morgan fingerprint density at radius 2 is 2.12 bits per heavy atom. The average molecular weight is 246 g/mol. The molecule has 0 saturated carbocycles. The molecule has 0 fully saturated rings. The van der Waals surface area contributed by atoms with Gasteiger partial charge in [-0.3, -0.25) is 0 Å². The topological polar surface area (TPSA) is 51.0 Å². The molecule has 0 atom stereocenters. The average Bonchev–Trinajstić information content (AvgIpc) is 2.73. The van der Waals surface area contributed by atoms with Gasteiger partial charge in [0, 0.05) is 16.9 Å². The van der Waals surface area contributed by atoms with Crippen molar-refractivity contribution in [1.82, 2.24) is 10.1 Å². The molecule has 84 valence electrons. The number of aromatic nitrogens is 2. The number of rotatable bonds is 2. The molecule has 1 aromatic carbocycles. The van der Waals surface area contributed by atoms with E-state index in [9.17, 15) is 0 Å². The molecule has 0 amide bonds. The van der Waals surface area contributed by atoms with Gasteiger partial charge in [0.2, 0.25) is 0 Å². The van der Waals surface area contributed by atoms with Gasteiger partial charge in [0.05, 0.1) is 0 Å². The SMILES string of the molecule is Clc1cccc(Nc2noc3cccnc23)c1. The zero-order valence-corrected chi connectivity index (χ0v) is 9.48. The second kappa shape index (κ2) is 4.07. The van der Waals surface area contributed by atoms with Gasteiger partial charge in [-0.15, -0.1) is 0 Å². The van der Waals surface area contributed by atoms with Gasteiger partial charge in [-0.1, -0.05) is 22.8 Å². The summed E-state index contributed by atoms with van der Waals surface area (Å²) in [5, 5.41) is 7.71. The maximum Gasteiger partial charge on any atom is 0.200 e. The normalized spacial score (nSPS) is 10.6. The quantitative estimate of drug-likeness (QED) is 0.749. The van der Waals surface area contributed by atoms with Gasteiger partial charge in [0.15, 0.2) is 16.9 Å². The Morgan fingerprint density at radius 1 is 1.18 bits per heavy atom. The maximum absolute atomic E-state index is 5.90. The lowest BCUT2D eigenvalue weighted by Crippen LogP contribution is -1.91. The highest BCUT2D eigenvalue weighted by Crippen LogP contribution is 2.24. The van der Waals surface area contributed by atoms with Crippen LogP contribution in [-0.2, 0) is 0 Å². The van der Waals surface area contributed by atoms with Crippen LogP contribution in [0.1, 0.15) is 0 Å². The van der Waals surface area contributed by atoms with Crippen LogP contribution in [0.25, 0.3) is 11.1 Å². The first-order chi connectivity index (χ1) is 8.33. The third-order valence-electron chi connectivity index (χ3n) is 2.32. The van der Waals surface area contributed by atoms with Crippen LogP contribution in [0.3, 0.4) is 0 Å². The summed E-state index contributed by atoms with van der Waals surface area (Å²) in [6.45, 7) is 0. The second-order valence-corrected chi connectivity index (χ2v) is 3.95. The summed E-state index contributed by atoms with van der Waals surface area (Å²) in [7, 11) is 0. The maximum atomic E-state index is 5.90. The zero-order chi connectivity index (χ0) is 11.7. The predicted octanol–water partition coefficient (Wildman–Crippen LogP) is 3.62. The van der Waals surface area contributed by atoms with Crippen molar-refractivity contribution >= 4 is 34.2 Å². The number of nitrogens with zero attached hydrogens (tertiary/aromatic N) is 2. The molecule has 17 heavy (non-hydrogen) atoms. The summed E-state index contributed by atoms with van der Waals surface area (Å²) >= 11 is 5.90. The van der Waals surface area contributed by atoms with Crippen molar-refractivity contribution in [3.05, 3.63) is 47.6 Å². The third-order valence-corrected chi connectivity index (χ3v) is 2.55. The number of halogens is 1. The van der Waals surface area contributed by atoms with Gasteiger partial charge >= 0.3 is 0 Å². The number of benzene rings is 1. The van der Waals surface area contributed by atoms with E-state index in [2.05, 4.69) is 15.5 Å². The first-order valence-electron chi connectivity index (χ1n) is 5.06. The molecule has 0 aliphatic carbocycles. The summed E-state index contributed by atoms with van der Waals surface area (Å²) in [5.74, 6) is 0.586. The van der Waals surface area contributed by atoms with Crippen LogP contribution < -0.4 is 5.32 Å². The highest BCUT2D eigenvalue weighted by molar-refractivity contribution is 6.30. The van der Waals surface area contributed by atoms with Crippen molar-refractivity contribution in [1.29, 1.82) is 0 Å². The van der Waals surface area contributed by atoms with E-state index in [1.54, 1.807) is 12.3 Å². The minimum Gasteiger partial charge on any atom is -0.352 e. The van der Waals surface area contributed by atoms with E-state index in [1.165, 1.54) is 0 Å². The van der Waals surface area contributed by atoms with Crippen molar-refractivity contribution in [2.45, 2.75) is 0 Å². The van der Waals surface area contributed by atoms with E-state index in [-0.39, 0.29) is 0 Å². The van der Waals surface area contributed by atoms with Crippen LogP contribution in [0, 0.1) is 0 Å². The second-order valence-electron chi connectivity index (χ2n) is 3.52. The molecule has 2 aromatic heterocycles. The fourth-order valence-corrected chi connectivity index (χ4v) is 1.76. The van der Waals surface area contributed by atoms with E-state index in [0.717, 1.165) is 5.69 Å². The Kier molecular flexibility index (Phi) is 2.42. The van der Waals surface area contributed by atoms with E-state index in [4.69, 9.17) is 16.1 Å². The number of hydrogen-bond acceptors (Lipinski definition) is 4. The van der Waals surface area contributed by atoms with E-state index in [0.29, 0.717) is 21.9 Å². The molecule has 0 saturated heterocycles. The first-order valence-corrected chi connectivity index (χ1v) is 5.44. The Morgan fingerprint density at radius 3 is 3.00 bits per heavy atom. The monoisotopic (exact) mass is 245 g/mol. The molecule has 0 bridgehead atoms. The zero-order valence-electron chi connectivity index (χ0n) is 8.72. The highest BCUT2D eigenvalue weighted by atomic mass is 35.5. The largest absolute Gasteiger partial charge is 0.352 e. The summed E-state index contributed by atoms with van der Waals surface area (Å²) in [6.07, 6.45) is 1.70. The van der Waals surface area contributed by atoms with Gasteiger partial charge < -0.3 is 9.84 Å². The van der Waals surface area contributed by atoms with Crippen molar-refractivity contribution in [3.63, 3.8) is 0 Å². The van der Waals surface area contributed by atoms with Gasteiger partial charge in [-0.05, 0) is 30.3 Å². The summed E-state index contributed by atoms with van der Waals surface area (Å²) in [5.41, 5.74) is 2.20. The van der Waals surface area contributed by atoms with Gasteiger partial charge in [0.1, 0.15) is 0 Å². The lowest BCUT2D eigenvalue weighted by Gasteiger charge is -2.02. The molecule has 0 unspecified atom stereocenters. The molecule has 0 radical (unpaired) electrons. The standard InChI is InChI=1S/C12H8ClN3O/c13-8-3-1-4-9(7-8)15-12-11-10(17-16-12)5-2-6-14-11/h1-7H,(H,15,16). The van der Waals surface area contributed by atoms with Crippen molar-refractivity contribution in [2.75, 3.05) is 5.32 Å². The molecule has 4 nitrogen and oxygen atoms in total. The number of fused-ring (bicyclic) bond motifs is 1. The van der Waals surface area contributed by atoms with Crippen LogP contribution >= 0.6 is 11.6 Å². The van der Waals surface area contributed by atoms with Crippen molar-refractivity contribution in [2.24, 2.45) is 0 Å². The minimum atomic E-state index is 0.586. The molecule has 1 N–H and O–H groups in total. The molecule has 0 aliphatic rings. The Labute approximate surface area is 102 Å². The van der Waals surface area contributed by atoms with Crippen LogP contribution in [0.2, 0.25) is 5.02 Å². The Hall–Kier alpha value is -2.07.